The second-order valence-corrected chi connectivity index (χ2v) is 6.20. The average molecular weight is 332 g/mol. The van der Waals surface area contributed by atoms with Gasteiger partial charge in [0.1, 0.15) is 5.82 Å². The third-order valence-corrected chi connectivity index (χ3v) is 4.25. The molecule has 3 rings (SSSR count). The lowest BCUT2D eigenvalue weighted by atomic mass is 10.1. The molecule has 1 heterocycles. The Labute approximate surface area is 149 Å². The van der Waals surface area contributed by atoms with Crippen LogP contribution in [-0.4, -0.2) is 16.5 Å². The zero-order chi connectivity index (χ0) is 17.8. The summed E-state index contributed by atoms with van der Waals surface area (Å²) < 4.78 is 0. The number of anilines is 4. The van der Waals surface area contributed by atoms with Gasteiger partial charge < -0.3 is 10.2 Å². The molecular formula is C21H24N4. The molecule has 0 aliphatic rings. The summed E-state index contributed by atoms with van der Waals surface area (Å²) in [6.45, 7) is 9.14. The van der Waals surface area contributed by atoms with Crippen LogP contribution in [0.3, 0.4) is 0 Å². The Hall–Kier alpha value is -2.88. The molecule has 0 unspecified atom stereocenters. The van der Waals surface area contributed by atoms with Gasteiger partial charge in [0.25, 0.3) is 0 Å². The van der Waals surface area contributed by atoms with Gasteiger partial charge in [0.2, 0.25) is 5.95 Å². The Kier molecular flexibility index (Phi) is 4.98. The van der Waals surface area contributed by atoms with Crippen LogP contribution < -0.4 is 10.2 Å². The van der Waals surface area contributed by atoms with Crippen molar-refractivity contribution in [3.8, 4) is 0 Å². The molecular weight excluding hydrogens is 308 g/mol. The average Bonchev–Trinajstić information content (AvgIpc) is 2.59. The van der Waals surface area contributed by atoms with Crippen molar-refractivity contribution in [1.82, 2.24) is 9.97 Å². The largest absolute Gasteiger partial charge is 0.340 e. The number of hydrogen-bond acceptors (Lipinski definition) is 4. The summed E-state index contributed by atoms with van der Waals surface area (Å²) in [7, 11) is 0. The number of aromatic nitrogens is 2. The van der Waals surface area contributed by atoms with Crippen molar-refractivity contribution in [3.05, 3.63) is 71.4 Å². The van der Waals surface area contributed by atoms with Crippen molar-refractivity contribution in [2.24, 2.45) is 0 Å². The van der Waals surface area contributed by atoms with E-state index in [-0.39, 0.29) is 0 Å². The molecule has 0 saturated heterocycles. The molecule has 0 spiro atoms. The molecule has 0 amide bonds. The normalized spacial score (nSPS) is 10.6. The summed E-state index contributed by atoms with van der Waals surface area (Å²) >= 11 is 0. The first-order valence-electron chi connectivity index (χ1n) is 8.59. The summed E-state index contributed by atoms with van der Waals surface area (Å²) in [5.74, 6) is 1.51. The lowest BCUT2D eigenvalue weighted by Crippen LogP contribution is -2.19. The molecule has 0 atom stereocenters. The molecule has 2 aromatic carbocycles. The topological polar surface area (TPSA) is 41.1 Å². The minimum Gasteiger partial charge on any atom is -0.340 e. The highest BCUT2D eigenvalue weighted by molar-refractivity contribution is 5.62. The first-order valence-corrected chi connectivity index (χ1v) is 8.59. The van der Waals surface area contributed by atoms with Gasteiger partial charge in [0.15, 0.2) is 0 Å². The smallest absolute Gasteiger partial charge is 0.232 e. The van der Waals surface area contributed by atoms with Gasteiger partial charge in [-0.15, -0.1) is 0 Å². The highest BCUT2D eigenvalue weighted by Crippen LogP contribution is 2.25. The van der Waals surface area contributed by atoms with Crippen molar-refractivity contribution >= 4 is 23.1 Å². The number of hydrogen-bond donors (Lipinski definition) is 1. The quantitative estimate of drug-likeness (QED) is 0.688. The van der Waals surface area contributed by atoms with E-state index in [1.165, 1.54) is 11.1 Å². The standard InChI is InChI=1S/C21H24N4/c1-5-25(19-9-7-6-8-10-19)21-22-17(4)14-20(24-21)23-18-12-11-15(2)16(3)13-18/h6-14H,5H2,1-4H3,(H,22,23,24). The fraction of sp³-hybridized carbons (Fsp3) is 0.238. The van der Waals surface area contributed by atoms with Gasteiger partial charge in [-0.3, -0.25) is 0 Å². The fourth-order valence-corrected chi connectivity index (χ4v) is 2.75. The van der Waals surface area contributed by atoms with E-state index in [9.17, 15) is 0 Å². The van der Waals surface area contributed by atoms with Crippen LogP contribution in [0.4, 0.5) is 23.1 Å². The van der Waals surface area contributed by atoms with Crippen LogP contribution in [0.5, 0.6) is 0 Å². The van der Waals surface area contributed by atoms with Gasteiger partial charge in [-0.05, 0) is 63.1 Å². The Bertz CT molecular complexity index is 859. The van der Waals surface area contributed by atoms with Crippen molar-refractivity contribution < 1.29 is 0 Å². The zero-order valence-corrected chi connectivity index (χ0v) is 15.2. The third kappa shape index (κ3) is 3.97. The molecule has 0 fully saturated rings. The lowest BCUT2D eigenvalue weighted by molar-refractivity contribution is 0.936. The summed E-state index contributed by atoms with van der Waals surface area (Å²) in [6, 6.07) is 18.5. The second kappa shape index (κ2) is 7.34. The fourth-order valence-electron chi connectivity index (χ4n) is 2.75. The van der Waals surface area contributed by atoms with E-state index in [0.29, 0.717) is 5.95 Å². The highest BCUT2D eigenvalue weighted by atomic mass is 15.3. The Balaban J connectivity index is 1.93. The van der Waals surface area contributed by atoms with E-state index in [1.807, 2.05) is 31.2 Å². The Morgan fingerprint density at radius 3 is 2.32 bits per heavy atom. The minimum absolute atomic E-state index is 0.708. The van der Waals surface area contributed by atoms with E-state index in [4.69, 9.17) is 4.98 Å². The molecule has 4 nitrogen and oxygen atoms in total. The number of benzene rings is 2. The molecule has 0 saturated carbocycles. The summed E-state index contributed by atoms with van der Waals surface area (Å²) in [4.78, 5) is 11.5. The van der Waals surface area contributed by atoms with Crippen LogP contribution in [0, 0.1) is 20.8 Å². The maximum Gasteiger partial charge on any atom is 0.232 e. The van der Waals surface area contributed by atoms with E-state index < -0.39 is 0 Å². The van der Waals surface area contributed by atoms with Crippen molar-refractivity contribution in [2.75, 3.05) is 16.8 Å². The molecule has 0 radical (unpaired) electrons. The predicted octanol–water partition coefficient (Wildman–Crippen LogP) is 5.30. The van der Waals surface area contributed by atoms with Crippen molar-refractivity contribution in [3.63, 3.8) is 0 Å². The van der Waals surface area contributed by atoms with Gasteiger partial charge in [0, 0.05) is 29.7 Å². The summed E-state index contributed by atoms with van der Waals surface area (Å²) in [5, 5.41) is 3.41. The van der Waals surface area contributed by atoms with Crippen LogP contribution in [0.2, 0.25) is 0 Å². The number of para-hydroxylation sites is 1. The van der Waals surface area contributed by atoms with Crippen LogP contribution in [0.1, 0.15) is 23.7 Å². The van der Waals surface area contributed by atoms with Crippen LogP contribution in [-0.2, 0) is 0 Å². The van der Waals surface area contributed by atoms with Gasteiger partial charge in [0.05, 0.1) is 0 Å². The van der Waals surface area contributed by atoms with Crippen molar-refractivity contribution in [1.29, 1.82) is 0 Å². The Morgan fingerprint density at radius 1 is 0.880 bits per heavy atom. The van der Waals surface area contributed by atoms with Crippen LogP contribution in [0.15, 0.2) is 54.6 Å². The first-order chi connectivity index (χ1) is 12.1. The van der Waals surface area contributed by atoms with E-state index >= 15 is 0 Å². The summed E-state index contributed by atoms with van der Waals surface area (Å²) in [6.07, 6.45) is 0. The Morgan fingerprint density at radius 2 is 1.64 bits per heavy atom. The number of aryl methyl sites for hydroxylation is 3. The summed E-state index contributed by atoms with van der Waals surface area (Å²) in [5.41, 5.74) is 5.61. The number of nitrogens with one attached hydrogen (secondary N) is 1. The van der Waals surface area contributed by atoms with Gasteiger partial charge in [-0.2, -0.15) is 4.98 Å². The maximum atomic E-state index is 4.73. The van der Waals surface area contributed by atoms with Crippen molar-refractivity contribution in [2.45, 2.75) is 27.7 Å². The van der Waals surface area contributed by atoms with E-state index in [0.717, 1.165) is 29.4 Å². The number of nitrogens with zero attached hydrogens (tertiary/aromatic N) is 3. The first kappa shape index (κ1) is 17.0. The SMILES string of the molecule is CCN(c1ccccc1)c1nc(C)cc(Nc2ccc(C)c(C)c2)n1. The molecule has 25 heavy (non-hydrogen) atoms. The minimum atomic E-state index is 0.708. The molecule has 1 aromatic heterocycles. The second-order valence-electron chi connectivity index (χ2n) is 6.20. The molecule has 128 valence electrons. The van der Waals surface area contributed by atoms with E-state index in [1.54, 1.807) is 0 Å². The molecule has 1 N–H and O–H groups in total. The predicted molar refractivity (Wildman–Crippen MR) is 105 cm³/mol. The molecule has 3 aromatic rings. The number of rotatable bonds is 5. The molecule has 0 bridgehead atoms. The lowest BCUT2D eigenvalue weighted by Gasteiger charge is -2.22. The molecule has 4 heteroatoms. The van der Waals surface area contributed by atoms with Crippen LogP contribution >= 0.6 is 0 Å². The zero-order valence-electron chi connectivity index (χ0n) is 15.2. The molecule has 0 aliphatic carbocycles. The molecule has 0 aliphatic heterocycles. The third-order valence-electron chi connectivity index (χ3n) is 4.25. The highest BCUT2D eigenvalue weighted by Gasteiger charge is 2.12. The van der Waals surface area contributed by atoms with E-state index in [2.05, 4.69) is 66.3 Å². The van der Waals surface area contributed by atoms with Gasteiger partial charge in [-0.25, -0.2) is 4.98 Å². The van der Waals surface area contributed by atoms with Gasteiger partial charge >= 0.3 is 0 Å². The van der Waals surface area contributed by atoms with Crippen LogP contribution in [0.25, 0.3) is 0 Å². The monoisotopic (exact) mass is 332 g/mol. The maximum absolute atomic E-state index is 4.73. The van der Waals surface area contributed by atoms with Gasteiger partial charge in [-0.1, -0.05) is 24.3 Å².